The number of aromatic nitrogens is 3. The first-order chi connectivity index (χ1) is 17.7. The second kappa shape index (κ2) is 12.3. The van der Waals surface area contributed by atoms with E-state index in [-0.39, 0.29) is 29.7 Å². The SMILES string of the molecule is C#C[C@]1(COC(=O)OC(CC)CC)O[C@@H](n2ccc3c(N)nc(Cl)nc32)C[C@@H]1OC(=O)OC(CC)CC. The molecule has 37 heavy (non-hydrogen) atoms. The fraction of sp³-hybridized carbons (Fsp3) is 0.600. The van der Waals surface area contributed by atoms with Gasteiger partial charge in [0.1, 0.15) is 36.5 Å². The van der Waals surface area contributed by atoms with Gasteiger partial charge in [-0.15, -0.1) is 6.42 Å². The molecule has 0 radical (unpaired) electrons. The van der Waals surface area contributed by atoms with Crippen LogP contribution in [0.25, 0.3) is 11.0 Å². The van der Waals surface area contributed by atoms with E-state index in [1.165, 1.54) is 0 Å². The molecule has 2 aromatic rings. The summed E-state index contributed by atoms with van der Waals surface area (Å²) in [6, 6.07) is 1.71. The molecule has 2 aromatic heterocycles. The molecule has 3 atom stereocenters. The van der Waals surface area contributed by atoms with Crippen LogP contribution in [-0.4, -0.2) is 57.4 Å². The Morgan fingerprint density at radius 2 is 1.81 bits per heavy atom. The van der Waals surface area contributed by atoms with E-state index in [9.17, 15) is 9.59 Å². The fourth-order valence-corrected chi connectivity index (χ4v) is 4.31. The number of hydrogen-bond donors (Lipinski definition) is 1. The van der Waals surface area contributed by atoms with Gasteiger partial charge in [-0.25, -0.2) is 14.6 Å². The van der Waals surface area contributed by atoms with E-state index in [2.05, 4.69) is 15.9 Å². The van der Waals surface area contributed by atoms with Gasteiger partial charge in [0.2, 0.25) is 10.9 Å². The van der Waals surface area contributed by atoms with Crippen LogP contribution in [0.1, 0.15) is 66.0 Å². The maximum Gasteiger partial charge on any atom is 0.508 e. The number of nitrogen functional groups attached to an aromatic ring is 1. The number of nitrogens with zero attached hydrogens (tertiary/aromatic N) is 3. The Hall–Kier alpha value is -3.23. The van der Waals surface area contributed by atoms with Crippen LogP contribution in [0, 0.1) is 12.3 Å². The summed E-state index contributed by atoms with van der Waals surface area (Å²) in [5.41, 5.74) is 4.76. The zero-order valence-electron chi connectivity index (χ0n) is 21.4. The average Bonchev–Trinajstić information content (AvgIpc) is 3.46. The van der Waals surface area contributed by atoms with Crippen LogP contribution in [0.3, 0.4) is 0 Å². The lowest BCUT2D eigenvalue weighted by atomic mass is 9.98. The maximum absolute atomic E-state index is 12.6. The third kappa shape index (κ3) is 6.37. The number of terminal acetylenes is 1. The number of ether oxygens (including phenoxy) is 5. The zero-order chi connectivity index (χ0) is 27.2. The second-order valence-corrected chi connectivity index (χ2v) is 9.03. The summed E-state index contributed by atoms with van der Waals surface area (Å²) in [5, 5.41) is 0.516. The number of carbonyl (C=O) groups excluding carboxylic acids is 2. The first-order valence-electron chi connectivity index (χ1n) is 12.4. The zero-order valence-corrected chi connectivity index (χ0v) is 22.2. The normalized spacial score (nSPS) is 21.2. The van der Waals surface area contributed by atoms with E-state index in [1.54, 1.807) is 16.8 Å². The van der Waals surface area contributed by atoms with Crippen molar-refractivity contribution in [2.24, 2.45) is 0 Å². The summed E-state index contributed by atoms with van der Waals surface area (Å²) in [4.78, 5) is 33.2. The van der Waals surface area contributed by atoms with Crippen molar-refractivity contribution >= 4 is 40.8 Å². The molecule has 1 aliphatic rings. The Labute approximate surface area is 220 Å². The number of rotatable bonds is 10. The van der Waals surface area contributed by atoms with Crippen molar-refractivity contribution in [2.75, 3.05) is 12.3 Å². The van der Waals surface area contributed by atoms with E-state index in [1.807, 2.05) is 27.7 Å². The van der Waals surface area contributed by atoms with Gasteiger partial charge in [-0.3, -0.25) is 0 Å². The van der Waals surface area contributed by atoms with Crippen molar-refractivity contribution in [3.8, 4) is 12.3 Å². The van der Waals surface area contributed by atoms with Crippen LogP contribution in [0.15, 0.2) is 12.3 Å². The summed E-state index contributed by atoms with van der Waals surface area (Å²) >= 11 is 6.02. The average molecular weight is 537 g/mol. The van der Waals surface area contributed by atoms with Gasteiger partial charge in [-0.05, 0) is 43.4 Å². The molecule has 0 bridgehead atoms. The Morgan fingerprint density at radius 3 is 2.41 bits per heavy atom. The molecule has 0 saturated carbocycles. The van der Waals surface area contributed by atoms with Crippen molar-refractivity contribution in [1.29, 1.82) is 0 Å². The van der Waals surface area contributed by atoms with Crippen LogP contribution in [0.2, 0.25) is 5.28 Å². The Morgan fingerprint density at radius 1 is 1.19 bits per heavy atom. The van der Waals surface area contributed by atoms with Crippen LogP contribution < -0.4 is 5.73 Å². The third-order valence-electron chi connectivity index (χ3n) is 6.40. The molecule has 0 amide bonds. The predicted octanol–water partition coefficient (Wildman–Crippen LogP) is 5.01. The largest absolute Gasteiger partial charge is 0.508 e. The lowest BCUT2D eigenvalue weighted by Crippen LogP contribution is -2.46. The Kier molecular flexibility index (Phi) is 9.45. The van der Waals surface area contributed by atoms with E-state index < -0.39 is 36.9 Å². The highest BCUT2D eigenvalue weighted by Gasteiger charge is 2.53. The maximum atomic E-state index is 12.6. The second-order valence-electron chi connectivity index (χ2n) is 8.69. The van der Waals surface area contributed by atoms with Gasteiger partial charge in [-0.2, -0.15) is 4.98 Å². The summed E-state index contributed by atoms with van der Waals surface area (Å²) in [6.45, 7) is 7.18. The first kappa shape index (κ1) is 28.3. The van der Waals surface area contributed by atoms with Gasteiger partial charge in [-0.1, -0.05) is 33.6 Å². The highest BCUT2D eigenvalue weighted by Crippen LogP contribution is 2.41. The molecular weight excluding hydrogens is 504 g/mol. The number of hydrogen-bond acceptors (Lipinski definition) is 10. The van der Waals surface area contributed by atoms with Crippen molar-refractivity contribution in [1.82, 2.24) is 14.5 Å². The molecule has 0 unspecified atom stereocenters. The highest BCUT2D eigenvalue weighted by molar-refractivity contribution is 6.28. The molecule has 2 N–H and O–H groups in total. The highest BCUT2D eigenvalue weighted by atomic mass is 35.5. The van der Waals surface area contributed by atoms with Gasteiger partial charge in [0.15, 0.2) is 6.10 Å². The minimum absolute atomic E-state index is 0.0415. The van der Waals surface area contributed by atoms with Crippen molar-refractivity contribution in [2.45, 2.75) is 89.9 Å². The van der Waals surface area contributed by atoms with E-state index in [0.29, 0.717) is 36.7 Å². The standard InChI is InChI=1S/C25H33ClN4O7/c1-6-15(7-2)34-23(31)33-14-25(10-5)18(36-24(32)35-16(8-3)9-4)13-19(37-25)30-12-11-17-20(27)28-22(26)29-21(17)30/h5,11-12,15-16,18-19H,6-9,13-14H2,1-4H3,(H2,27,28,29)/t18-,19+,25+/m0/s1. The molecule has 1 saturated heterocycles. The molecule has 3 rings (SSSR count). The predicted molar refractivity (Wildman–Crippen MR) is 136 cm³/mol. The smallest absolute Gasteiger partial charge is 0.431 e. The molecule has 1 fully saturated rings. The summed E-state index contributed by atoms with van der Waals surface area (Å²) in [5.74, 6) is 2.73. The van der Waals surface area contributed by atoms with Gasteiger partial charge in [0.25, 0.3) is 0 Å². The molecule has 12 heteroatoms. The van der Waals surface area contributed by atoms with Gasteiger partial charge in [0, 0.05) is 12.6 Å². The lowest BCUT2D eigenvalue weighted by Gasteiger charge is -2.28. The number of fused-ring (bicyclic) bond motifs is 1. The summed E-state index contributed by atoms with van der Waals surface area (Å²) < 4.78 is 29.6. The fourth-order valence-electron chi connectivity index (χ4n) is 4.14. The van der Waals surface area contributed by atoms with E-state index >= 15 is 0 Å². The molecule has 0 aromatic carbocycles. The minimum Gasteiger partial charge on any atom is -0.431 e. The van der Waals surface area contributed by atoms with Gasteiger partial charge >= 0.3 is 12.3 Å². The topological polar surface area (TPSA) is 137 Å². The minimum atomic E-state index is -1.62. The Balaban J connectivity index is 1.88. The summed E-state index contributed by atoms with van der Waals surface area (Å²) in [6.07, 6.45) is 6.02. The summed E-state index contributed by atoms with van der Waals surface area (Å²) in [7, 11) is 0. The van der Waals surface area contributed by atoms with Crippen LogP contribution in [0.4, 0.5) is 15.4 Å². The Bertz CT molecular complexity index is 1140. The third-order valence-corrected chi connectivity index (χ3v) is 6.57. The quantitative estimate of drug-likeness (QED) is 0.250. The monoisotopic (exact) mass is 536 g/mol. The molecule has 1 aliphatic heterocycles. The molecule has 0 spiro atoms. The molecule has 0 aliphatic carbocycles. The molecule has 3 heterocycles. The lowest BCUT2D eigenvalue weighted by molar-refractivity contribution is -0.109. The molecule has 202 valence electrons. The van der Waals surface area contributed by atoms with Crippen molar-refractivity contribution < 1.29 is 33.3 Å². The molecular formula is C25H33ClN4O7. The number of halogens is 1. The van der Waals surface area contributed by atoms with Crippen molar-refractivity contribution in [3.05, 3.63) is 17.5 Å². The van der Waals surface area contributed by atoms with Crippen LogP contribution >= 0.6 is 11.6 Å². The number of anilines is 1. The van der Waals surface area contributed by atoms with Crippen LogP contribution in [-0.2, 0) is 23.7 Å². The van der Waals surface area contributed by atoms with E-state index in [4.69, 9.17) is 47.4 Å². The van der Waals surface area contributed by atoms with Crippen LogP contribution in [0.5, 0.6) is 0 Å². The first-order valence-corrected chi connectivity index (χ1v) is 12.7. The van der Waals surface area contributed by atoms with E-state index in [0.717, 1.165) is 0 Å². The molecule has 11 nitrogen and oxygen atoms in total. The van der Waals surface area contributed by atoms with Crippen molar-refractivity contribution in [3.63, 3.8) is 0 Å². The van der Waals surface area contributed by atoms with Gasteiger partial charge < -0.3 is 34.0 Å². The number of nitrogens with two attached hydrogens (primary N) is 1. The number of carbonyl (C=O) groups is 2. The van der Waals surface area contributed by atoms with Gasteiger partial charge in [0.05, 0.1) is 5.39 Å².